The van der Waals surface area contributed by atoms with Crippen LogP contribution in [0.2, 0.25) is 0 Å². The summed E-state index contributed by atoms with van der Waals surface area (Å²) in [4.78, 5) is 10.6. The van der Waals surface area contributed by atoms with Gasteiger partial charge >= 0.3 is 0 Å². The molecule has 0 aromatic heterocycles. The normalized spacial score (nSPS) is 11.1. The average Bonchev–Trinajstić information content (AvgIpc) is 2.40. The van der Waals surface area contributed by atoms with Crippen LogP contribution in [0.5, 0.6) is 0 Å². The second kappa shape index (κ2) is 5.92. The molecule has 0 bridgehead atoms. The Balaban J connectivity index is 2.19. The van der Waals surface area contributed by atoms with Crippen LogP contribution >= 0.6 is 0 Å². The summed E-state index contributed by atoms with van der Waals surface area (Å²) in [7, 11) is -3.85. The zero-order valence-corrected chi connectivity index (χ0v) is 11.7. The Morgan fingerprint density at radius 3 is 2.38 bits per heavy atom. The highest BCUT2D eigenvalue weighted by Gasteiger charge is 2.14. The Morgan fingerprint density at radius 1 is 1.14 bits per heavy atom. The molecule has 2 aromatic rings. The summed E-state index contributed by atoms with van der Waals surface area (Å²) in [5.74, 6) is -1.10. The van der Waals surface area contributed by atoms with Crippen LogP contribution in [0.1, 0.15) is 5.56 Å². The molecule has 0 aliphatic heterocycles. The maximum Gasteiger partial charge on any atom is 0.261 e. The van der Waals surface area contributed by atoms with Crippen LogP contribution in [0, 0.1) is 5.82 Å². The highest BCUT2D eigenvalue weighted by Crippen LogP contribution is 2.17. The van der Waals surface area contributed by atoms with Crippen molar-refractivity contribution in [3.05, 3.63) is 59.9 Å². The first-order valence-corrected chi connectivity index (χ1v) is 7.51. The summed E-state index contributed by atoms with van der Waals surface area (Å²) in [5.41, 5.74) is 6.06. The molecule has 7 heteroatoms. The van der Waals surface area contributed by atoms with Gasteiger partial charge in [0.15, 0.2) is 0 Å². The van der Waals surface area contributed by atoms with E-state index in [0.29, 0.717) is 11.3 Å². The number of primary amides is 1. The van der Waals surface area contributed by atoms with Crippen molar-refractivity contribution in [2.75, 3.05) is 4.72 Å². The molecule has 0 saturated carbocycles. The molecule has 2 aromatic carbocycles. The summed E-state index contributed by atoms with van der Waals surface area (Å²) in [5, 5.41) is 0. The number of hydrogen-bond donors (Lipinski definition) is 2. The number of carbonyl (C=O) groups excluding carboxylic acids is 1. The van der Waals surface area contributed by atoms with E-state index in [1.54, 1.807) is 12.1 Å². The Hall–Kier alpha value is -2.41. The van der Waals surface area contributed by atoms with Crippen molar-refractivity contribution in [2.24, 2.45) is 5.73 Å². The lowest BCUT2D eigenvalue weighted by atomic mass is 10.1. The predicted octanol–water partition coefficient (Wildman–Crippen LogP) is 1.65. The number of amides is 1. The molecule has 0 fully saturated rings. The number of anilines is 1. The van der Waals surface area contributed by atoms with Crippen molar-refractivity contribution < 1.29 is 17.6 Å². The zero-order chi connectivity index (χ0) is 15.5. The number of halogens is 1. The minimum atomic E-state index is -3.85. The minimum Gasteiger partial charge on any atom is -0.369 e. The van der Waals surface area contributed by atoms with Crippen molar-refractivity contribution in [1.82, 2.24) is 0 Å². The van der Waals surface area contributed by atoms with E-state index in [2.05, 4.69) is 4.72 Å². The molecule has 0 aliphatic rings. The topological polar surface area (TPSA) is 89.3 Å². The average molecular weight is 308 g/mol. The summed E-state index contributed by atoms with van der Waals surface area (Å²) in [6, 6.07) is 10.9. The lowest BCUT2D eigenvalue weighted by Gasteiger charge is -2.08. The van der Waals surface area contributed by atoms with Gasteiger partial charge in [0, 0.05) is 5.69 Å². The lowest BCUT2D eigenvalue weighted by Crippen LogP contribution is -2.14. The minimum absolute atomic E-state index is 0.0803. The second-order valence-corrected chi connectivity index (χ2v) is 6.09. The maximum absolute atomic E-state index is 13.1. The molecular formula is C14H13FN2O3S. The number of carbonyl (C=O) groups is 1. The third-order valence-corrected chi connectivity index (χ3v) is 4.07. The monoisotopic (exact) mass is 308 g/mol. The van der Waals surface area contributed by atoms with E-state index >= 15 is 0 Å². The zero-order valence-electron chi connectivity index (χ0n) is 10.9. The number of sulfonamides is 1. The van der Waals surface area contributed by atoms with Crippen LogP contribution < -0.4 is 10.5 Å². The summed E-state index contributed by atoms with van der Waals surface area (Å²) >= 11 is 0. The van der Waals surface area contributed by atoms with Gasteiger partial charge in [-0.25, -0.2) is 12.8 Å². The number of benzene rings is 2. The van der Waals surface area contributed by atoms with Gasteiger partial charge in [-0.2, -0.15) is 0 Å². The second-order valence-electron chi connectivity index (χ2n) is 4.40. The summed E-state index contributed by atoms with van der Waals surface area (Å²) < 4.78 is 39.5. The molecule has 0 heterocycles. The van der Waals surface area contributed by atoms with E-state index in [4.69, 9.17) is 5.73 Å². The Morgan fingerprint density at radius 2 is 1.81 bits per heavy atom. The summed E-state index contributed by atoms with van der Waals surface area (Å²) in [6.07, 6.45) is 0.0803. The van der Waals surface area contributed by atoms with Crippen LogP contribution in [0.25, 0.3) is 0 Å². The first kappa shape index (κ1) is 15.0. The molecule has 0 atom stereocenters. The highest BCUT2D eigenvalue weighted by molar-refractivity contribution is 7.92. The highest BCUT2D eigenvalue weighted by atomic mass is 32.2. The SMILES string of the molecule is NC(=O)Cc1ccc(NS(=O)(=O)c2cccc(F)c2)cc1. The van der Waals surface area contributed by atoms with Crippen molar-refractivity contribution in [1.29, 1.82) is 0 Å². The van der Waals surface area contributed by atoms with Gasteiger partial charge in [0.2, 0.25) is 5.91 Å². The van der Waals surface area contributed by atoms with Gasteiger partial charge in [-0.1, -0.05) is 18.2 Å². The fraction of sp³-hybridized carbons (Fsp3) is 0.0714. The Bertz CT molecular complexity index is 758. The summed E-state index contributed by atoms with van der Waals surface area (Å²) in [6.45, 7) is 0. The smallest absolute Gasteiger partial charge is 0.261 e. The molecule has 2 rings (SSSR count). The Kier molecular flexibility index (Phi) is 4.23. The molecule has 3 N–H and O–H groups in total. The quantitative estimate of drug-likeness (QED) is 0.880. The number of rotatable bonds is 5. The van der Waals surface area contributed by atoms with E-state index < -0.39 is 21.7 Å². The molecule has 0 unspecified atom stereocenters. The molecule has 5 nitrogen and oxygen atoms in total. The van der Waals surface area contributed by atoms with Crippen LogP contribution in [0.15, 0.2) is 53.4 Å². The van der Waals surface area contributed by atoms with Gasteiger partial charge < -0.3 is 5.73 Å². The van der Waals surface area contributed by atoms with E-state index in [9.17, 15) is 17.6 Å². The molecule has 0 aliphatic carbocycles. The van der Waals surface area contributed by atoms with Gasteiger partial charge in [-0.3, -0.25) is 9.52 Å². The fourth-order valence-electron chi connectivity index (χ4n) is 1.74. The molecule has 0 saturated heterocycles. The first-order valence-electron chi connectivity index (χ1n) is 6.02. The molecule has 0 spiro atoms. The standard InChI is InChI=1S/C14H13FN2O3S/c15-11-2-1-3-13(9-11)21(19,20)17-12-6-4-10(5-7-12)8-14(16)18/h1-7,9,17H,8H2,(H2,16,18). The first-order chi connectivity index (χ1) is 9.87. The maximum atomic E-state index is 13.1. The van der Waals surface area contributed by atoms with Gasteiger partial charge in [-0.05, 0) is 35.9 Å². The number of hydrogen-bond acceptors (Lipinski definition) is 3. The largest absolute Gasteiger partial charge is 0.369 e. The van der Waals surface area contributed by atoms with Crippen molar-refractivity contribution >= 4 is 21.6 Å². The van der Waals surface area contributed by atoms with Gasteiger partial charge in [-0.15, -0.1) is 0 Å². The van der Waals surface area contributed by atoms with Gasteiger partial charge in [0.05, 0.1) is 11.3 Å². The Labute approximate surface area is 121 Å². The number of nitrogens with one attached hydrogen (secondary N) is 1. The molecule has 21 heavy (non-hydrogen) atoms. The van der Waals surface area contributed by atoms with Crippen molar-refractivity contribution in [3.63, 3.8) is 0 Å². The van der Waals surface area contributed by atoms with E-state index in [1.807, 2.05) is 0 Å². The van der Waals surface area contributed by atoms with Gasteiger partial charge in [0.1, 0.15) is 5.82 Å². The molecule has 110 valence electrons. The van der Waals surface area contributed by atoms with E-state index in [1.165, 1.54) is 24.3 Å². The van der Waals surface area contributed by atoms with E-state index in [0.717, 1.165) is 12.1 Å². The predicted molar refractivity (Wildman–Crippen MR) is 76.5 cm³/mol. The van der Waals surface area contributed by atoms with Gasteiger partial charge in [0.25, 0.3) is 10.0 Å². The molecule has 0 radical (unpaired) electrons. The fourth-order valence-corrected chi connectivity index (χ4v) is 2.83. The van der Waals surface area contributed by atoms with Crippen LogP contribution in [0.4, 0.5) is 10.1 Å². The van der Waals surface area contributed by atoms with Crippen LogP contribution in [-0.4, -0.2) is 14.3 Å². The molecular weight excluding hydrogens is 295 g/mol. The third-order valence-electron chi connectivity index (χ3n) is 2.69. The van der Waals surface area contributed by atoms with E-state index in [-0.39, 0.29) is 11.3 Å². The van der Waals surface area contributed by atoms with Crippen molar-refractivity contribution in [3.8, 4) is 0 Å². The van der Waals surface area contributed by atoms with Crippen LogP contribution in [0.3, 0.4) is 0 Å². The van der Waals surface area contributed by atoms with Crippen molar-refractivity contribution in [2.45, 2.75) is 11.3 Å². The molecule has 1 amide bonds. The lowest BCUT2D eigenvalue weighted by molar-refractivity contribution is -0.117. The van der Waals surface area contributed by atoms with Crippen LogP contribution in [-0.2, 0) is 21.2 Å². The number of nitrogens with two attached hydrogens (primary N) is 1. The third kappa shape index (κ3) is 4.03.